The minimum absolute atomic E-state index is 0.203. The van der Waals surface area contributed by atoms with Gasteiger partial charge in [0.05, 0.1) is 5.69 Å². The molecule has 0 saturated carbocycles. The molecule has 0 aliphatic heterocycles. The molecule has 0 fully saturated rings. The quantitative estimate of drug-likeness (QED) is 0.880. The first-order chi connectivity index (χ1) is 9.81. The van der Waals surface area contributed by atoms with Crippen LogP contribution in [0.5, 0.6) is 0 Å². The van der Waals surface area contributed by atoms with Crippen LogP contribution in [-0.4, -0.2) is 33.6 Å². The van der Waals surface area contributed by atoms with Crippen molar-refractivity contribution in [2.45, 2.75) is 4.90 Å². The van der Waals surface area contributed by atoms with Gasteiger partial charge in [-0.25, -0.2) is 13.2 Å². The van der Waals surface area contributed by atoms with Gasteiger partial charge in [0.2, 0.25) is 0 Å². The van der Waals surface area contributed by atoms with Crippen molar-refractivity contribution < 1.29 is 18.3 Å². The molecule has 0 atom stereocenters. The average molecular weight is 326 g/mol. The Morgan fingerprint density at radius 2 is 2.00 bits per heavy atom. The van der Waals surface area contributed by atoms with Crippen LogP contribution in [0.3, 0.4) is 0 Å². The molecule has 0 spiro atoms. The predicted molar refractivity (Wildman–Crippen MR) is 82.9 cm³/mol. The minimum Gasteiger partial charge on any atom is -0.477 e. The molecule has 0 bridgehead atoms. The molecular formula is C13H14N2O4S2. The fourth-order valence-electron chi connectivity index (χ4n) is 1.72. The summed E-state index contributed by atoms with van der Waals surface area (Å²) in [5.41, 5.74) is 1.21. The van der Waals surface area contributed by atoms with Crippen molar-refractivity contribution in [1.29, 1.82) is 0 Å². The molecule has 0 aliphatic carbocycles. The van der Waals surface area contributed by atoms with Gasteiger partial charge in [-0.2, -0.15) is 0 Å². The summed E-state index contributed by atoms with van der Waals surface area (Å²) < 4.78 is 27.0. The van der Waals surface area contributed by atoms with E-state index < -0.39 is 16.0 Å². The molecule has 0 aliphatic rings. The second-order valence-electron chi connectivity index (χ2n) is 4.47. The Labute approximate surface area is 126 Å². The zero-order valence-corrected chi connectivity index (χ0v) is 13.0. The lowest BCUT2D eigenvalue weighted by atomic mass is 10.3. The van der Waals surface area contributed by atoms with Crippen LogP contribution < -0.4 is 9.62 Å². The Morgan fingerprint density at radius 3 is 2.62 bits per heavy atom. The number of hydrogen-bond acceptors (Lipinski definition) is 5. The maximum atomic E-state index is 12.3. The zero-order valence-electron chi connectivity index (χ0n) is 11.4. The van der Waals surface area contributed by atoms with Gasteiger partial charge in [-0.3, -0.25) is 4.72 Å². The third-order valence-electron chi connectivity index (χ3n) is 2.73. The highest BCUT2D eigenvalue weighted by molar-refractivity contribution is 7.93. The smallest absolute Gasteiger partial charge is 0.347 e. The van der Waals surface area contributed by atoms with E-state index in [1.165, 1.54) is 11.4 Å². The number of rotatable bonds is 5. The van der Waals surface area contributed by atoms with E-state index in [4.69, 9.17) is 5.11 Å². The Balaban J connectivity index is 2.36. The van der Waals surface area contributed by atoms with E-state index in [-0.39, 0.29) is 9.77 Å². The van der Waals surface area contributed by atoms with Crippen molar-refractivity contribution in [1.82, 2.24) is 0 Å². The Bertz CT molecular complexity index is 766. The van der Waals surface area contributed by atoms with Gasteiger partial charge in [0, 0.05) is 19.8 Å². The normalized spacial score (nSPS) is 11.1. The van der Waals surface area contributed by atoms with Gasteiger partial charge in [0.15, 0.2) is 0 Å². The van der Waals surface area contributed by atoms with Gasteiger partial charge in [-0.15, -0.1) is 11.3 Å². The molecular weight excluding hydrogens is 312 g/mol. The number of benzene rings is 1. The molecule has 1 heterocycles. The third-order valence-corrected chi connectivity index (χ3v) is 5.18. The second-order valence-corrected chi connectivity index (χ2v) is 7.04. The molecule has 0 unspecified atom stereocenters. The first-order valence-electron chi connectivity index (χ1n) is 5.92. The average Bonchev–Trinajstić information content (AvgIpc) is 2.88. The van der Waals surface area contributed by atoms with E-state index in [9.17, 15) is 13.2 Å². The topological polar surface area (TPSA) is 86.7 Å². The lowest BCUT2D eigenvalue weighted by Gasteiger charge is -2.14. The maximum absolute atomic E-state index is 12.3. The molecule has 8 heteroatoms. The van der Waals surface area contributed by atoms with Crippen LogP contribution in [0.25, 0.3) is 0 Å². The van der Waals surface area contributed by atoms with E-state index in [1.807, 2.05) is 25.1 Å². The first kappa shape index (κ1) is 15.3. The molecule has 2 rings (SSSR count). The minimum atomic E-state index is -3.93. The number of anilines is 2. The number of hydrogen-bond donors (Lipinski definition) is 2. The number of carboxylic acid groups (broad SMARTS) is 1. The monoisotopic (exact) mass is 326 g/mol. The molecule has 112 valence electrons. The number of sulfonamides is 1. The summed E-state index contributed by atoms with van der Waals surface area (Å²) in [5.74, 6) is -1.26. The van der Waals surface area contributed by atoms with Crippen molar-refractivity contribution >= 4 is 38.7 Å². The summed E-state index contributed by atoms with van der Waals surface area (Å²) in [5, 5.41) is 10.5. The first-order valence-corrected chi connectivity index (χ1v) is 8.28. The zero-order chi connectivity index (χ0) is 15.6. The number of thiophene rings is 1. The lowest BCUT2D eigenvalue weighted by Crippen LogP contribution is -2.16. The third kappa shape index (κ3) is 3.34. The van der Waals surface area contributed by atoms with Crippen molar-refractivity contribution in [2.24, 2.45) is 0 Å². The highest BCUT2D eigenvalue weighted by Gasteiger charge is 2.23. The van der Waals surface area contributed by atoms with Crippen molar-refractivity contribution in [3.63, 3.8) is 0 Å². The van der Waals surface area contributed by atoms with Crippen LogP contribution in [0.1, 0.15) is 9.67 Å². The number of carbonyl (C=O) groups is 1. The Kier molecular flexibility index (Phi) is 4.19. The Morgan fingerprint density at radius 1 is 1.29 bits per heavy atom. The molecule has 21 heavy (non-hydrogen) atoms. The van der Waals surface area contributed by atoms with Crippen molar-refractivity contribution in [2.75, 3.05) is 23.7 Å². The van der Waals surface area contributed by atoms with Gasteiger partial charge in [-0.1, -0.05) is 6.07 Å². The SMILES string of the molecule is CN(C)c1cccc(NS(=O)(=O)c2ccsc2C(=O)O)c1. The number of carboxylic acids is 1. The number of nitrogens with zero attached hydrogens (tertiary/aromatic N) is 1. The van der Waals surface area contributed by atoms with Crippen molar-refractivity contribution in [3.8, 4) is 0 Å². The molecule has 0 amide bonds. The summed E-state index contributed by atoms with van der Waals surface area (Å²) in [6.45, 7) is 0. The van der Waals surface area contributed by atoms with E-state index in [0.717, 1.165) is 17.0 Å². The van der Waals surface area contributed by atoms with E-state index in [1.54, 1.807) is 18.2 Å². The van der Waals surface area contributed by atoms with E-state index >= 15 is 0 Å². The molecule has 0 radical (unpaired) electrons. The van der Waals surface area contributed by atoms with Gasteiger partial charge in [0.1, 0.15) is 9.77 Å². The summed E-state index contributed by atoms with van der Waals surface area (Å²) in [7, 11) is -0.242. The van der Waals surface area contributed by atoms with Gasteiger partial charge < -0.3 is 10.0 Å². The highest BCUT2D eigenvalue weighted by atomic mass is 32.2. The summed E-state index contributed by atoms with van der Waals surface area (Å²) in [6.07, 6.45) is 0. The Hall–Kier alpha value is -2.06. The van der Waals surface area contributed by atoms with Gasteiger partial charge in [0.25, 0.3) is 10.0 Å². The summed E-state index contributed by atoms with van der Waals surface area (Å²) >= 11 is 0.876. The molecule has 6 nitrogen and oxygen atoms in total. The number of nitrogens with one attached hydrogen (secondary N) is 1. The molecule has 2 aromatic rings. The highest BCUT2D eigenvalue weighted by Crippen LogP contribution is 2.25. The fourth-order valence-corrected chi connectivity index (χ4v) is 4.03. The van der Waals surface area contributed by atoms with Crippen LogP contribution >= 0.6 is 11.3 Å². The lowest BCUT2D eigenvalue weighted by molar-refractivity contribution is 0.0698. The van der Waals surface area contributed by atoms with E-state index in [2.05, 4.69) is 4.72 Å². The van der Waals surface area contributed by atoms with Crippen LogP contribution in [0.4, 0.5) is 11.4 Å². The maximum Gasteiger partial charge on any atom is 0.347 e. The van der Waals surface area contributed by atoms with Crippen LogP contribution in [-0.2, 0) is 10.0 Å². The molecule has 0 saturated heterocycles. The van der Waals surface area contributed by atoms with Crippen molar-refractivity contribution in [3.05, 3.63) is 40.6 Å². The standard InChI is InChI=1S/C13H14N2O4S2/c1-15(2)10-5-3-4-9(8-10)14-21(18,19)11-6-7-20-12(11)13(16)17/h3-8,14H,1-2H3,(H,16,17). The van der Waals surface area contributed by atoms with Crippen LogP contribution in [0, 0.1) is 0 Å². The predicted octanol–water partition coefficient (Wildman–Crippen LogP) is 2.31. The summed E-state index contributed by atoms with van der Waals surface area (Å²) in [4.78, 5) is 12.4. The van der Waals surface area contributed by atoms with Gasteiger partial charge >= 0.3 is 5.97 Å². The molecule has 1 aromatic heterocycles. The second kappa shape index (κ2) is 5.74. The fraction of sp³-hybridized carbons (Fsp3) is 0.154. The molecule has 1 aromatic carbocycles. The van der Waals surface area contributed by atoms with Gasteiger partial charge in [-0.05, 0) is 29.6 Å². The van der Waals surface area contributed by atoms with E-state index in [0.29, 0.717) is 5.69 Å². The summed E-state index contributed by atoms with van der Waals surface area (Å²) in [6, 6.07) is 8.12. The number of aromatic carboxylic acids is 1. The molecule has 2 N–H and O–H groups in total. The van der Waals surface area contributed by atoms with Crippen LogP contribution in [0.2, 0.25) is 0 Å². The van der Waals surface area contributed by atoms with Crippen LogP contribution in [0.15, 0.2) is 40.6 Å². The largest absolute Gasteiger partial charge is 0.477 e.